The first-order valence-corrected chi connectivity index (χ1v) is 4.18. The molecule has 14 heavy (non-hydrogen) atoms. The van der Waals surface area contributed by atoms with E-state index in [9.17, 15) is 0 Å². The van der Waals surface area contributed by atoms with Gasteiger partial charge in [-0.15, -0.1) is 0 Å². The van der Waals surface area contributed by atoms with Gasteiger partial charge in [0.05, 0.1) is 11.6 Å². The van der Waals surface area contributed by atoms with E-state index >= 15 is 0 Å². The van der Waals surface area contributed by atoms with Crippen molar-refractivity contribution in [3.63, 3.8) is 0 Å². The molecule has 2 aromatic rings. The Morgan fingerprint density at radius 3 is 2.43 bits per heavy atom. The molecule has 1 aromatic heterocycles. The summed E-state index contributed by atoms with van der Waals surface area (Å²) in [4.78, 5) is 8.19. The predicted octanol–water partition coefficient (Wildman–Crippen LogP) is 2.02. The van der Waals surface area contributed by atoms with Crippen LogP contribution in [0.1, 0.15) is 5.56 Å². The van der Waals surface area contributed by atoms with Crippen LogP contribution in [-0.4, -0.2) is 9.97 Å². The molecule has 0 spiro atoms. The van der Waals surface area contributed by atoms with Crippen LogP contribution in [0.2, 0.25) is 0 Å². The molecule has 0 radical (unpaired) electrons. The summed E-state index contributed by atoms with van der Waals surface area (Å²) in [5.74, 6) is 0.588. The average Bonchev–Trinajstić information content (AvgIpc) is 2.30. The Balaban J connectivity index is 2.58. The second-order valence-electron chi connectivity index (χ2n) is 2.73. The van der Waals surface area contributed by atoms with Gasteiger partial charge in [0.1, 0.15) is 0 Å². The normalized spacial score (nSPS) is 9.36. The monoisotopic (exact) mass is 181 g/mol. The Labute approximate surface area is 81.7 Å². The number of aromatic nitrogens is 2. The summed E-state index contributed by atoms with van der Waals surface area (Å²) in [5.41, 5.74) is 1.37. The molecule has 3 heteroatoms. The smallest absolute Gasteiger partial charge is 0.160 e. The highest BCUT2D eigenvalue weighted by Gasteiger charge is 2.04. The summed E-state index contributed by atoms with van der Waals surface area (Å²) in [5, 5.41) is 8.87. The lowest BCUT2D eigenvalue weighted by molar-refractivity contribution is 1.17. The van der Waals surface area contributed by atoms with Crippen LogP contribution in [0.4, 0.5) is 0 Å². The minimum Gasteiger partial charge on any atom is -0.237 e. The molecule has 0 saturated heterocycles. The fourth-order valence-corrected chi connectivity index (χ4v) is 1.21. The minimum absolute atomic E-state index is 0.588. The van der Waals surface area contributed by atoms with Crippen LogP contribution < -0.4 is 0 Å². The van der Waals surface area contributed by atoms with Crippen LogP contribution >= 0.6 is 0 Å². The number of nitrogens with zero attached hydrogens (tertiary/aromatic N) is 3. The summed E-state index contributed by atoms with van der Waals surface area (Å²) in [7, 11) is 0. The Kier molecular flexibility index (Phi) is 2.20. The molecule has 0 aliphatic rings. The summed E-state index contributed by atoms with van der Waals surface area (Å²) < 4.78 is 0. The third-order valence-electron chi connectivity index (χ3n) is 1.85. The third-order valence-corrected chi connectivity index (χ3v) is 1.85. The molecule has 0 amide bonds. The van der Waals surface area contributed by atoms with Crippen molar-refractivity contribution in [2.45, 2.75) is 0 Å². The van der Waals surface area contributed by atoms with Crippen molar-refractivity contribution in [1.82, 2.24) is 9.97 Å². The zero-order chi connectivity index (χ0) is 9.80. The molecule has 0 aliphatic heterocycles. The molecule has 0 fully saturated rings. The average molecular weight is 181 g/mol. The Morgan fingerprint density at radius 1 is 1.00 bits per heavy atom. The Hall–Kier alpha value is -2.21. The van der Waals surface area contributed by atoms with Crippen molar-refractivity contribution in [3.05, 3.63) is 48.3 Å². The maximum atomic E-state index is 8.87. The molecule has 3 nitrogen and oxygen atoms in total. The largest absolute Gasteiger partial charge is 0.237 e. The first kappa shape index (κ1) is 8.39. The Morgan fingerprint density at radius 2 is 1.71 bits per heavy atom. The van der Waals surface area contributed by atoms with Gasteiger partial charge in [-0.25, -0.2) is 9.97 Å². The van der Waals surface area contributed by atoms with E-state index in [2.05, 4.69) is 16.0 Å². The number of rotatable bonds is 1. The molecule has 0 N–H and O–H groups in total. The number of hydrogen-bond donors (Lipinski definition) is 0. The van der Waals surface area contributed by atoms with Gasteiger partial charge in [-0.05, 0) is 18.2 Å². The van der Waals surface area contributed by atoms with Crippen molar-refractivity contribution in [1.29, 1.82) is 5.26 Å². The summed E-state index contributed by atoms with van der Waals surface area (Å²) in [6.45, 7) is 0. The van der Waals surface area contributed by atoms with Crippen molar-refractivity contribution < 1.29 is 0 Å². The molecular weight excluding hydrogens is 174 g/mol. The first-order valence-electron chi connectivity index (χ1n) is 4.18. The van der Waals surface area contributed by atoms with Gasteiger partial charge in [0.2, 0.25) is 0 Å². The predicted molar refractivity (Wildman–Crippen MR) is 52.2 cm³/mol. The van der Waals surface area contributed by atoms with Crippen LogP contribution in [-0.2, 0) is 0 Å². The second-order valence-corrected chi connectivity index (χ2v) is 2.73. The zero-order valence-electron chi connectivity index (χ0n) is 7.38. The molecule has 0 aliphatic carbocycles. The summed E-state index contributed by atoms with van der Waals surface area (Å²) >= 11 is 0. The van der Waals surface area contributed by atoms with E-state index in [4.69, 9.17) is 5.26 Å². The maximum absolute atomic E-state index is 8.87. The molecule has 0 atom stereocenters. The topological polar surface area (TPSA) is 49.6 Å². The molecule has 1 aromatic carbocycles. The van der Waals surface area contributed by atoms with E-state index in [1.807, 2.05) is 18.2 Å². The number of nitriles is 1. The van der Waals surface area contributed by atoms with Crippen molar-refractivity contribution in [2.24, 2.45) is 0 Å². The second kappa shape index (κ2) is 3.67. The van der Waals surface area contributed by atoms with Crippen LogP contribution in [0, 0.1) is 11.3 Å². The summed E-state index contributed by atoms with van der Waals surface area (Å²) in [6.07, 6.45) is 3.33. The zero-order valence-corrected chi connectivity index (χ0v) is 7.38. The molecular formula is C11H7N3. The van der Waals surface area contributed by atoms with Crippen molar-refractivity contribution in [3.8, 4) is 17.5 Å². The highest BCUT2D eigenvalue weighted by molar-refractivity contribution is 5.63. The van der Waals surface area contributed by atoms with Crippen molar-refractivity contribution in [2.75, 3.05) is 0 Å². The molecule has 0 saturated carbocycles. The van der Waals surface area contributed by atoms with E-state index in [0.717, 1.165) is 5.56 Å². The summed E-state index contributed by atoms with van der Waals surface area (Å²) in [6, 6.07) is 11.2. The van der Waals surface area contributed by atoms with E-state index in [-0.39, 0.29) is 0 Å². The van der Waals surface area contributed by atoms with E-state index in [1.54, 1.807) is 24.5 Å². The maximum Gasteiger partial charge on any atom is 0.160 e. The highest BCUT2D eigenvalue weighted by atomic mass is 14.8. The standard InChI is InChI=1S/C11H7N3/c12-8-9-4-1-2-5-10(9)11-13-6-3-7-14-11/h1-7H. The van der Waals surface area contributed by atoms with Gasteiger partial charge in [0.15, 0.2) is 5.82 Å². The van der Waals surface area contributed by atoms with Gasteiger partial charge in [0.25, 0.3) is 0 Å². The molecule has 0 bridgehead atoms. The lowest BCUT2D eigenvalue weighted by Gasteiger charge is -2.00. The molecule has 66 valence electrons. The van der Waals surface area contributed by atoms with Gasteiger partial charge in [-0.3, -0.25) is 0 Å². The van der Waals surface area contributed by atoms with Gasteiger partial charge in [-0.1, -0.05) is 12.1 Å². The number of hydrogen-bond acceptors (Lipinski definition) is 3. The quantitative estimate of drug-likeness (QED) is 0.676. The highest BCUT2D eigenvalue weighted by Crippen LogP contribution is 2.17. The fraction of sp³-hybridized carbons (Fsp3) is 0. The van der Waals surface area contributed by atoms with Crippen LogP contribution in [0.25, 0.3) is 11.4 Å². The van der Waals surface area contributed by atoms with Crippen LogP contribution in [0.5, 0.6) is 0 Å². The SMILES string of the molecule is N#Cc1ccccc1-c1ncccn1. The van der Waals surface area contributed by atoms with E-state index < -0.39 is 0 Å². The first-order chi connectivity index (χ1) is 6.92. The van der Waals surface area contributed by atoms with E-state index in [1.165, 1.54) is 0 Å². The van der Waals surface area contributed by atoms with E-state index in [0.29, 0.717) is 11.4 Å². The Bertz CT molecular complexity index is 471. The van der Waals surface area contributed by atoms with Crippen molar-refractivity contribution >= 4 is 0 Å². The molecule has 2 rings (SSSR count). The van der Waals surface area contributed by atoms with Gasteiger partial charge < -0.3 is 0 Å². The lowest BCUT2D eigenvalue weighted by atomic mass is 10.1. The number of benzene rings is 1. The van der Waals surface area contributed by atoms with Crippen LogP contribution in [0.15, 0.2) is 42.7 Å². The molecule has 0 unspecified atom stereocenters. The lowest BCUT2D eigenvalue weighted by Crippen LogP contribution is -1.89. The molecule has 1 heterocycles. The van der Waals surface area contributed by atoms with Gasteiger partial charge in [-0.2, -0.15) is 5.26 Å². The third kappa shape index (κ3) is 1.46. The fourth-order valence-electron chi connectivity index (χ4n) is 1.21. The van der Waals surface area contributed by atoms with Gasteiger partial charge in [0, 0.05) is 18.0 Å². The van der Waals surface area contributed by atoms with Gasteiger partial charge >= 0.3 is 0 Å². The van der Waals surface area contributed by atoms with Crippen LogP contribution in [0.3, 0.4) is 0 Å². The minimum atomic E-state index is 0.588.